The average molecular weight is 272 g/mol. The molecule has 1 rings (SSSR count). The zero-order valence-electron chi connectivity index (χ0n) is 9.75. The van der Waals surface area contributed by atoms with Gasteiger partial charge in [0.15, 0.2) is 5.84 Å². The highest BCUT2D eigenvalue weighted by atomic mass is 32.2. The van der Waals surface area contributed by atoms with Crippen molar-refractivity contribution in [3.05, 3.63) is 23.8 Å². The van der Waals surface area contributed by atoms with Crippen LogP contribution >= 0.6 is 23.5 Å². The van der Waals surface area contributed by atoms with Crippen molar-refractivity contribution in [1.82, 2.24) is 0 Å². The van der Waals surface area contributed by atoms with Crippen LogP contribution in [0.25, 0.3) is 0 Å². The number of rotatable bonds is 5. The van der Waals surface area contributed by atoms with Crippen molar-refractivity contribution in [3.63, 3.8) is 0 Å². The summed E-state index contributed by atoms with van der Waals surface area (Å²) in [6.07, 6.45) is 1.94. The molecule has 4 N–H and O–H groups in total. The van der Waals surface area contributed by atoms with E-state index in [2.05, 4.69) is 5.16 Å². The number of amidine groups is 1. The Morgan fingerprint density at radius 1 is 1.47 bits per heavy atom. The maximum Gasteiger partial charge on any atom is 0.172 e. The van der Waals surface area contributed by atoms with Crippen molar-refractivity contribution in [2.45, 2.75) is 22.0 Å². The molecule has 17 heavy (non-hydrogen) atoms. The minimum atomic E-state index is 0.0670. The number of nitrogens with two attached hydrogens (primary N) is 1. The van der Waals surface area contributed by atoms with Gasteiger partial charge in [-0.05, 0) is 18.4 Å². The molecule has 0 radical (unpaired) electrons. The third-order valence-electron chi connectivity index (χ3n) is 2.16. The van der Waals surface area contributed by atoms with Gasteiger partial charge in [-0.25, -0.2) is 0 Å². The summed E-state index contributed by atoms with van der Waals surface area (Å²) in [5, 5.41) is 21.0. The predicted octanol–water partition coefficient (Wildman–Crippen LogP) is 1.98. The van der Waals surface area contributed by atoms with Crippen LogP contribution in [0.15, 0.2) is 33.1 Å². The van der Waals surface area contributed by atoms with Gasteiger partial charge in [0, 0.05) is 20.6 Å². The average Bonchev–Trinajstić information content (AvgIpc) is 2.37. The second-order valence-corrected chi connectivity index (χ2v) is 5.76. The van der Waals surface area contributed by atoms with E-state index in [9.17, 15) is 0 Å². The van der Waals surface area contributed by atoms with Gasteiger partial charge in [0.05, 0.1) is 6.61 Å². The van der Waals surface area contributed by atoms with E-state index in [1.807, 2.05) is 31.4 Å². The van der Waals surface area contributed by atoms with Gasteiger partial charge < -0.3 is 16.0 Å². The fourth-order valence-electron chi connectivity index (χ4n) is 1.34. The van der Waals surface area contributed by atoms with Gasteiger partial charge in [0.25, 0.3) is 0 Å². The molecule has 6 heteroatoms. The Labute approximate surface area is 109 Å². The van der Waals surface area contributed by atoms with E-state index >= 15 is 0 Å². The van der Waals surface area contributed by atoms with Gasteiger partial charge in [0.1, 0.15) is 0 Å². The molecule has 0 heterocycles. The van der Waals surface area contributed by atoms with Crippen molar-refractivity contribution in [1.29, 1.82) is 0 Å². The van der Waals surface area contributed by atoms with E-state index in [4.69, 9.17) is 16.0 Å². The fraction of sp³-hybridized carbons (Fsp3) is 0.364. The molecule has 94 valence electrons. The number of oxime groups is 1. The highest BCUT2D eigenvalue weighted by Crippen LogP contribution is 2.32. The number of hydrogen-bond acceptors (Lipinski definition) is 5. The molecule has 0 saturated carbocycles. The lowest BCUT2D eigenvalue weighted by atomic mass is 10.2. The highest BCUT2D eigenvalue weighted by Gasteiger charge is 2.14. The van der Waals surface area contributed by atoms with Crippen LogP contribution in [0.5, 0.6) is 0 Å². The van der Waals surface area contributed by atoms with Crippen LogP contribution in [0.2, 0.25) is 0 Å². The van der Waals surface area contributed by atoms with Crippen molar-refractivity contribution in [2.24, 2.45) is 10.9 Å². The molecule has 1 aromatic rings. The Morgan fingerprint density at radius 2 is 2.12 bits per heavy atom. The van der Waals surface area contributed by atoms with Crippen LogP contribution in [0.4, 0.5) is 0 Å². The Hall–Kier alpha value is -0.850. The Bertz CT molecular complexity index is 410. The molecule has 0 aromatic heterocycles. The minimum Gasteiger partial charge on any atom is -0.409 e. The van der Waals surface area contributed by atoms with Crippen LogP contribution in [0.1, 0.15) is 12.5 Å². The lowest BCUT2D eigenvalue weighted by Crippen LogP contribution is -2.16. The maximum absolute atomic E-state index is 9.07. The van der Waals surface area contributed by atoms with Crippen LogP contribution in [-0.2, 0) is 0 Å². The summed E-state index contributed by atoms with van der Waals surface area (Å²) in [7, 11) is 0. The number of nitrogens with zero attached hydrogens (tertiary/aromatic N) is 1. The quantitative estimate of drug-likeness (QED) is 0.251. The van der Waals surface area contributed by atoms with Gasteiger partial charge in [-0.1, -0.05) is 18.1 Å². The fourth-order valence-corrected chi connectivity index (χ4v) is 3.03. The topological polar surface area (TPSA) is 78.8 Å². The molecule has 0 fully saturated rings. The monoisotopic (exact) mass is 272 g/mol. The van der Waals surface area contributed by atoms with Gasteiger partial charge in [-0.2, -0.15) is 0 Å². The van der Waals surface area contributed by atoms with Crippen molar-refractivity contribution in [2.75, 3.05) is 12.9 Å². The van der Waals surface area contributed by atoms with Crippen molar-refractivity contribution in [3.8, 4) is 0 Å². The summed E-state index contributed by atoms with van der Waals surface area (Å²) >= 11 is 3.05. The molecule has 0 bridgehead atoms. The number of aliphatic hydroxyl groups is 1. The summed E-state index contributed by atoms with van der Waals surface area (Å²) in [4.78, 5) is 1.86. The summed E-state index contributed by atoms with van der Waals surface area (Å²) in [6, 6.07) is 5.75. The van der Waals surface area contributed by atoms with Crippen LogP contribution in [0.3, 0.4) is 0 Å². The standard InChI is InChI=1S/C11H16N2O2S2/c1-7(6-14)17-9-5-3-4-8(16-2)10(9)11(12)13-15/h3-5,7,14-15H,6H2,1-2H3,(H2,12,13). The van der Waals surface area contributed by atoms with Crippen molar-refractivity contribution >= 4 is 29.4 Å². The van der Waals surface area contributed by atoms with E-state index in [-0.39, 0.29) is 17.7 Å². The molecular formula is C11H16N2O2S2. The zero-order chi connectivity index (χ0) is 12.8. The van der Waals surface area contributed by atoms with Gasteiger partial charge in [-0.15, -0.1) is 23.5 Å². The normalized spacial score (nSPS) is 13.7. The summed E-state index contributed by atoms with van der Waals surface area (Å²) in [6.45, 7) is 2.01. The molecule has 1 atom stereocenters. The van der Waals surface area contributed by atoms with Crippen LogP contribution in [0, 0.1) is 0 Å². The zero-order valence-corrected chi connectivity index (χ0v) is 11.4. The predicted molar refractivity (Wildman–Crippen MR) is 73.1 cm³/mol. The van der Waals surface area contributed by atoms with Crippen LogP contribution in [-0.4, -0.2) is 34.3 Å². The smallest absolute Gasteiger partial charge is 0.172 e. The molecule has 0 aliphatic rings. The third-order valence-corrected chi connectivity index (χ3v) is 4.08. The lowest BCUT2D eigenvalue weighted by molar-refractivity contribution is 0.300. The van der Waals surface area contributed by atoms with Gasteiger partial charge in [0.2, 0.25) is 0 Å². The molecular weight excluding hydrogens is 256 g/mol. The van der Waals surface area contributed by atoms with E-state index in [1.165, 1.54) is 11.8 Å². The third kappa shape index (κ3) is 3.55. The largest absolute Gasteiger partial charge is 0.409 e. The molecule has 1 unspecified atom stereocenters. The Morgan fingerprint density at radius 3 is 2.65 bits per heavy atom. The van der Waals surface area contributed by atoms with Gasteiger partial charge >= 0.3 is 0 Å². The Balaban J connectivity index is 3.19. The van der Waals surface area contributed by atoms with Crippen molar-refractivity contribution < 1.29 is 10.3 Å². The number of hydrogen-bond donors (Lipinski definition) is 3. The summed E-state index contributed by atoms with van der Waals surface area (Å²) < 4.78 is 0. The molecule has 0 aliphatic carbocycles. The second-order valence-electron chi connectivity index (χ2n) is 3.43. The minimum absolute atomic E-state index is 0.0670. The first-order valence-electron chi connectivity index (χ1n) is 5.06. The van der Waals surface area contributed by atoms with E-state index in [0.29, 0.717) is 0 Å². The molecule has 0 amide bonds. The molecule has 0 aliphatic heterocycles. The van der Waals surface area contributed by atoms with E-state index in [0.717, 1.165) is 15.4 Å². The highest BCUT2D eigenvalue weighted by molar-refractivity contribution is 8.00. The maximum atomic E-state index is 9.07. The Kier molecular flexibility index (Phi) is 5.67. The first kappa shape index (κ1) is 14.2. The van der Waals surface area contributed by atoms with E-state index < -0.39 is 0 Å². The molecule has 4 nitrogen and oxygen atoms in total. The first-order chi connectivity index (χ1) is 8.13. The van der Waals surface area contributed by atoms with Crippen LogP contribution < -0.4 is 5.73 Å². The van der Waals surface area contributed by atoms with E-state index in [1.54, 1.807) is 11.8 Å². The number of benzene rings is 1. The number of aliphatic hydroxyl groups excluding tert-OH is 1. The molecule has 0 spiro atoms. The summed E-state index contributed by atoms with van der Waals surface area (Å²) in [5.41, 5.74) is 6.43. The molecule has 0 saturated heterocycles. The summed E-state index contributed by atoms with van der Waals surface area (Å²) in [5.74, 6) is 0.0996. The number of thioether (sulfide) groups is 2. The lowest BCUT2D eigenvalue weighted by Gasteiger charge is -2.14. The first-order valence-corrected chi connectivity index (χ1v) is 7.16. The van der Waals surface area contributed by atoms with Gasteiger partial charge in [-0.3, -0.25) is 0 Å². The second kappa shape index (κ2) is 6.78. The molecule has 1 aromatic carbocycles. The SMILES string of the molecule is CSc1cccc(SC(C)CO)c1/C(N)=N/O.